The summed E-state index contributed by atoms with van der Waals surface area (Å²) in [6.45, 7) is 1.66. The minimum atomic E-state index is 0.551. The second kappa shape index (κ2) is 4.81. The lowest BCUT2D eigenvalue weighted by Crippen LogP contribution is -2.29. The summed E-state index contributed by atoms with van der Waals surface area (Å²) in [4.78, 5) is 6.33. The van der Waals surface area contributed by atoms with E-state index in [2.05, 4.69) is 9.88 Å². The lowest BCUT2D eigenvalue weighted by atomic mass is 10.3. The predicted molar refractivity (Wildman–Crippen MR) is 61.5 cm³/mol. The molecule has 82 valence electrons. The standard InChI is InChI=1S/C11H15ClN2O/c1-15-7-6-14(9-2-3-9)10-4-5-13-11(12)8-10/h4-5,8-9H,2-3,6-7H2,1H3. The first-order chi connectivity index (χ1) is 7.31. The second-order valence-electron chi connectivity index (χ2n) is 3.75. The van der Waals surface area contributed by atoms with E-state index in [1.807, 2.05) is 12.1 Å². The number of methoxy groups -OCH3 is 1. The molecule has 0 spiro atoms. The van der Waals surface area contributed by atoms with Gasteiger partial charge in [-0.1, -0.05) is 11.6 Å². The highest BCUT2D eigenvalue weighted by molar-refractivity contribution is 6.29. The van der Waals surface area contributed by atoms with Crippen LogP contribution in [0.5, 0.6) is 0 Å². The lowest BCUT2D eigenvalue weighted by Gasteiger charge is -2.24. The summed E-state index contributed by atoms with van der Waals surface area (Å²) in [6, 6.07) is 4.58. The first-order valence-electron chi connectivity index (χ1n) is 5.18. The molecule has 0 saturated heterocycles. The van der Waals surface area contributed by atoms with Gasteiger partial charge in [-0.3, -0.25) is 0 Å². The highest BCUT2D eigenvalue weighted by atomic mass is 35.5. The molecular formula is C11H15ClN2O. The second-order valence-corrected chi connectivity index (χ2v) is 4.14. The Balaban J connectivity index is 2.09. The van der Waals surface area contributed by atoms with Crippen molar-refractivity contribution < 1.29 is 4.74 Å². The summed E-state index contributed by atoms with van der Waals surface area (Å²) in [5.41, 5.74) is 1.15. The number of aromatic nitrogens is 1. The molecule has 4 heteroatoms. The van der Waals surface area contributed by atoms with Crippen LogP contribution in [0.1, 0.15) is 12.8 Å². The van der Waals surface area contributed by atoms with E-state index in [1.165, 1.54) is 12.8 Å². The molecular weight excluding hydrogens is 212 g/mol. The van der Waals surface area contributed by atoms with Crippen LogP contribution in [0.3, 0.4) is 0 Å². The van der Waals surface area contributed by atoms with E-state index < -0.39 is 0 Å². The average molecular weight is 227 g/mol. The first kappa shape index (κ1) is 10.7. The van der Waals surface area contributed by atoms with Crippen molar-refractivity contribution in [2.24, 2.45) is 0 Å². The summed E-state index contributed by atoms with van der Waals surface area (Å²) in [5, 5.41) is 0.551. The Morgan fingerprint density at radius 3 is 3.00 bits per heavy atom. The molecule has 1 heterocycles. The SMILES string of the molecule is COCCN(c1ccnc(Cl)c1)C1CC1. The Morgan fingerprint density at radius 2 is 2.40 bits per heavy atom. The van der Waals surface area contributed by atoms with E-state index >= 15 is 0 Å². The summed E-state index contributed by atoms with van der Waals surface area (Å²) in [7, 11) is 1.73. The molecule has 1 aliphatic rings. The predicted octanol–water partition coefficient (Wildman–Crippen LogP) is 2.35. The zero-order chi connectivity index (χ0) is 10.7. The van der Waals surface area contributed by atoms with Gasteiger partial charge in [0.25, 0.3) is 0 Å². The Bertz CT molecular complexity index is 328. The zero-order valence-corrected chi connectivity index (χ0v) is 9.57. The van der Waals surface area contributed by atoms with Crippen molar-refractivity contribution in [1.29, 1.82) is 0 Å². The van der Waals surface area contributed by atoms with E-state index in [9.17, 15) is 0 Å². The molecule has 0 bridgehead atoms. The number of ether oxygens (including phenoxy) is 1. The summed E-state index contributed by atoms with van der Waals surface area (Å²) < 4.78 is 5.11. The Hall–Kier alpha value is -0.800. The van der Waals surface area contributed by atoms with Crippen LogP contribution in [0.15, 0.2) is 18.3 Å². The third-order valence-corrected chi connectivity index (χ3v) is 2.77. The molecule has 0 radical (unpaired) electrons. The average Bonchev–Trinajstić information content (AvgIpc) is 3.03. The highest BCUT2D eigenvalue weighted by Gasteiger charge is 2.28. The molecule has 1 aliphatic carbocycles. The Kier molecular flexibility index (Phi) is 3.44. The van der Waals surface area contributed by atoms with Gasteiger partial charge in [0.2, 0.25) is 0 Å². The maximum Gasteiger partial charge on any atom is 0.131 e. The van der Waals surface area contributed by atoms with Gasteiger partial charge in [0.05, 0.1) is 6.61 Å². The maximum atomic E-state index is 5.88. The van der Waals surface area contributed by atoms with Gasteiger partial charge in [-0.15, -0.1) is 0 Å². The fraction of sp³-hybridized carbons (Fsp3) is 0.545. The Morgan fingerprint density at radius 1 is 1.60 bits per heavy atom. The first-order valence-corrected chi connectivity index (χ1v) is 5.56. The van der Waals surface area contributed by atoms with Crippen LogP contribution in [0.4, 0.5) is 5.69 Å². The fourth-order valence-corrected chi connectivity index (χ4v) is 1.84. The molecule has 0 unspecified atom stereocenters. The van der Waals surface area contributed by atoms with Crippen molar-refractivity contribution in [3.8, 4) is 0 Å². The van der Waals surface area contributed by atoms with Crippen molar-refractivity contribution >= 4 is 17.3 Å². The molecule has 0 amide bonds. The molecule has 0 atom stereocenters. The number of halogens is 1. The Labute approximate surface area is 95.0 Å². The fourth-order valence-electron chi connectivity index (χ4n) is 1.67. The third-order valence-electron chi connectivity index (χ3n) is 2.57. The van der Waals surface area contributed by atoms with E-state index in [-0.39, 0.29) is 0 Å². The maximum absolute atomic E-state index is 5.88. The van der Waals surface area contributed by atoms with Crippen molar-refractivity contribution in [2.45, 2.75) is 18.9 Å². The van der Waals surface area contributed by atoms with Gasteiger partial charge in [-0.25, -0.2) is 4.98 Å². The molecule has 15 heavy (non-hydrogen) atoms. The van der Waals surface area contributed by atoms with Crippen LogP contribution < -0.4 is 4.90 Å². The largest absolute Gasteiger partial charge is 0.383 e. The molecule has 0 N–H and O–H groups in total. The zero-order valence-electron chi connectivity index (χ0n) is 8.82. The van der Waals surface area contributed by atoms with Gasteiger partial charge in [-0.05, 0) is 25.0 Å². The van der Waals surface area contributed by atoms with Crippen LogP contribution >= 0.6 is 11.6 Å². The third kappa shape index (κ3) is 2.83. The van der Waals surface area contributed by atoms with Gasteiger partial charge in [0.15, 0.2) is 0 Å². The number of rotatable bonds is 5. The molecule has 0 aliphatic heterocycles. The van der Waals surface area contributed by atoms with Crippen LogP contribution in [0.25, 0.3) is 0 Å². The van der Waals surface area contributed by atoms with E-state index in [1.54, 1.807) is 13.3 Å². The van der Waals surface area contributed by atoms with Crippen molar-refractivity contribution in [1.82, 2.24) is 4.98 Å². The highest BCUT2D eigenvalue weighted by Crippen LogP contribution is 2.31. The molecule has 1 saturated carbocycles. The quantitative estimate of drug-likeness (QED) is 0.721. The van der Waals surface area contributed by atoms with Gasteiger partial charge in [0.1, 0.15) is 5.15 Å². The number of hydrogen-bond acceptors (Lipinski definition) is 3. The van der Waals surface area contributed by atoms with Gasteiger partial charge >= 0.3 is 0 Å². The summed E-state index contributed by atoms with van der Waals surface area (Å²) in [6.07, 6.45) is 4.28. The monoisotopic (exact) mass is 226 g/mol. The van der Waals surface area contributed by atoms with Crippen LogP contribution in [-0.2, 0) is 4.74 Å². The number of nitrogens with zero attached hydrogens (tertiary/aromatic N) is 2. The summed E-state index contributed by atoms with van der Waals surface area (Å²) >= 11 is 5.88. The van der Waals surface area contributed by atoms with Crippen molar-refractivity contribution in [3.63, 3.8) is 0 Å². The topological polar surface area (TPSA) is 25.4 Å². The van der Waals surface area contributed by atoms with E-state index in [0.717, 1.165) is 18.8 Å². The van der Waals surface area contributed by atoms with Crippen LogP contribution in [0.2, 0.25) is 5.15 Å². The number of anilines is 1. The molecule has 3 nitrogen and oxygen atoms in total. The smallest absolute Gasteiger partial charge is 0.131 e. The normalized spacial score (nSPS) is 15.3. The molecule has 0 aromatic carbocycles. The number of hydrogen-bond donors (Lipinski definition) is 0. The minimum Gasteiger partial charge on any atom is -0.383 e. The van der Waals surface area contributed by atoms with Crippen LogP contribution in [-0.4, -0.2) is 31.3 Å². The van der Waals surface area contributed by atoms with E-state index in [4.69, 9.17) is 16.3 Å². The molecule has 1 fully saturated rings. The van der Waals surface area contributed by atoms with E-state index in [0.29, 0.717) is 11.2 Å². The van der Waals surface area contributed by atoms with Crippen molar-refractivity contribution in [2.75, 3.05) is 25.2 Å². The van der Waals surface area contributed by atoms with Crippen LogP contribution in [0, 0.1) is 0 Å². The number of pyridine rings is 1. The molecule has 1 aromatic heterocycles. The lowest BCUT2D eigenvalue weighted by molar-refractivity contribution is 0.205. The van der Waals surface area contributed by atoms with Gasteiger partial charge < -0.3 is 9.64 Å². The summed E-state index contributed by atoms with van der Waals surface area (Å²) in [5.74, 6) is 0. The van der Waals surface area contributed by atoms with Crippen molar-refractivity contribution in [3.05, 3.63) is 23.5 Å². The van der Waals surface area contributed by atoms with Gasteiger partial charge in [-0.2, -0.15) is 0 Å². The van der Waals surface area contributed by atoms with Gasteiger partial charge in [0, 0.05) is 31.6 Å². The molecule has 2 rings (SSSR count). The molecule has 1 aromatic rings. The minimum absolute atomic E-state index is 0.551.